The summed E-state index contributed by atoms with van der Waals surface area (Å²) in [5.41, 5.74) is 2.88. The third-order valence-electron chi connectivity index (χ3n) is 6.43. The molecule has 11 heteroatoms. The lowest BCUT2D eigenvalue weighted by Crippen LogP contribution is -2.35. The van der Waals surface area contributed by atoms with Crippen LogP contribution in [0.3, 0.4) is 0 Å². The molecule has 0 amide bonds. The Balaban J connectivity index is 1.27. The largest absolute Gasteiger partial charge is 0.497 e. The van der Waals surface area contributed by atoms with Crippen molar-refractivity contribution in [2.45, 2.75) is 45.8 Å². The van der Waals surface area contributed by atoms with E-state index in [1.54, 1.807) is 24.8 Å². The molecule has 0 radical (unpaired) electrons. The summed E-state index contributed by atoms with van der Waals surface area (Å²) in [6.45, 7) is 8.56. The quantitative estimate of drug-likeness (QED) is 0.340. The molecule has 0 saturated heterocycles. The van der Waals surface area contributed by atoms with E-state index < -0.39 is 0 Å². The highest BCUT2D eigenvalue weighted by atomic mass is 35.5. The lowest BCUT2D eigenvalue weighted by atomic mass is 10.2. The highest BCUT2D eigenvalue weighted by Crippen LogP contribution is 2.26. The summed E-state index contributed by atoms with van der Waals surface area (Å²) >= 11 is 6.29. The first-order chi connectivity index (χ1) is 17.4. The van der Waals surface area contributed by atoms with E-state index in [9.17, 15) is 0 Å². The van der Waals surface area contributed by atoms with Crippen LogP contribution in [0.25, 0.3) is 5.65 Å². The first kappa shape index (κ1) is 24.3. The molecule has 5 rings (SSSR count). The molecule has 190 valence electrons. The van der Waals surface area contributed by atoms with Crippen LogP contribution in [0.5, 0.6) is 11.5 Å². The predicted octanol–water partition coefficient (Wildman–Crippen LogP) is 3.79. The van der Waals surface area contributed by atoms with Gasteiger partial charge in [-0.2, -0.15) is 4.52 Å². The average Bonchev–Trinajstić information content (AvgIpc) is 3.49. The van der Waals surface area contributed by atoms with Gasteiger partial charge in [0.05, 0.1) is 19.9 Å². The number of nitrogens with one attached hydrogen (secondary N) is 1. The van der Waals surface area contributed by atoms with E-state index >= 15 is 0 Å². The Morgan fingerprint density at radius 3 is 2.75 bits per heavy atom. The second-order valence-electron chi connectivity index (χ2n) is 9.17. The van der Waals surface area contributed by atoms with Gasteiger partial charge in [0.15, 0.2) is 11.5 Å². The minimum atomic E-state index is 0.357. The van der Waals surface area contributed by atoms with Gasteiger partial charge in [-0.15, -0.1) is 5.10 Å². The maximum atomic E-state index is 6.29. The number of fused-ring (bicyclic) bond motifs is 2. The molecule has 0 fully saturated rings. The summed E-state index contributed by atoms with van der Waals surface area (Å²) in [4.78, 5) is 16.2. The van der Waals surface area contributed by atoms with Gasteiger partial charge in [0.25, 0.3) is 0 Å². The second kappa shape index (κ2) is 10.3. The molecule has 0 bridgehead atoms. The highest BCUT2D eigenvalue weighted by molar-refractivity contribution is 6.29. The summed E-state index contributed by atoms with van der Waals surface area (Å²) in [7, 11) is 3.27. The van der Waals surface area contributed by atoms with Crippen LogP contribution in [0.1, 0.15) is 42.7 Å². The molecule has 1 aliphatic heterocycles. The number of ether oxygens (including phenoxy) is 2. The Labute approximate surface area is 215 Å². The Morgan fingerprint density at radius 2 is 1.97 bits per heavy atom. The molecular formula is C25H31ClN8O2. The number of rotatable bonds is 9. The van der Waals surface area contributed by atoms with E-state index in [1.807, 2.05) is 24.4 Å². The molecule has 4 aromatic rings. The lowest BCUT2D eigenvalue weighted by Gasteiger charge is -2.29. The van der Waals surface area contributed by atoms with Gasteiger partial charge >= 0.3 is 0 Å². The maximum Gasteiger partial charge on any atom is 0.227 e. The van der Waals surface area contributed by atoms with Crippen molar-refractivity contribution in [2.75, 3.05) is 32.6 Å². The third kappa shape index (κ3) is 4.96. The number of methoxy groups -OCH3 is 2. The summed E-state index contributed by atoms with van der Waals surface area (Å²) < 4.78 is 14.9. The molecule has 0 unspecified atom stereocenters. The Hall–Kier alpha value is -3.37. The second-order valence-corrected chi connectivity index (χ2v) is 9.56. The number of hydrogen-bond donors (Lipinski definition) is 1. The van der Waals surface area contributed by atoms with Gasteiger partial charge in [0.2, 0.25) is 5.95 Å². The molecular weight excluding hydrogens is 480 g/mol. The summed E-state index contributed by atoms with van der Waals surface area (Å²) in [5, 5.41) is 8.40. The van der Waals surface area contributed by atoms with Gasteiger partial charge in [0, 0.05) is 69.0 Å². The minimum absolute atomic E-state index is 0.357. The zero-order valence-corrected chi connectivity index (χ0v) is 21.8. The molecule has 1 N–H and O–H groups in total. The predicted molar refractivity (Wildman–Crippen MR) is 138 cm³/mol. The van der Waals surface area contributed by atoms with Crippen molar-refractivity contribution in [3.63, 3.8) is 0 Å². The van der Waals surface area contributed by atoms with Crippen molar-refractivity contribution >= 4 is 23.2 Å². The fourth-order valence-corrected chi connectivity index (χ4v) is 4.75. The van der Waals surface area contributed by atoms with Crippen LogP contribution in [0, 0.1) is 0 Å². The van der Waals surface area contributed by atoms with Gasteiger partial charge in [-0.1, -0.05) is 25.4 Å². The van der Waals surface area contributed by atoms with Crippen molar-refractivity contribution in [1.29, 1.82) is 0 Å². The van der Waals surface area contributed by atoms with Crippen molar-refractivity contribution in [3.05, 3.63) is 58.5 Å². The van der Waals surface area contributed by atoms with E-state index in [1.165, 1.54) is 11.5 Å². The highest BCUT2D eigenvalue weighted by Gasteiger charge is 2.21. The summed E-state index contributed by atoms with van der Waals surface area (Å²) in [5.74, 6) is 4.34. The van der Waals surface area contributed by atoms with Crippen LogP contribution in [0.4, 0.5) is 5.95 Å². The van der Waals surface area contributed by atoms with Gasteiger partial charge in [-0.3, -0.25) is 4.90 Å². The maximum absolute atomic E-state index is 6.29. The Kier molecular flexibility index (Phi) is 6.97. The van der Waals surface area contributed by atoms with Crippen LogP contribution in [-0.2, 0) is 26.1 Å². The molecule has 0 spiro atoms. The molecule has 4 heterocycles. The molecule has 1 aliphatic rings. The van der Waals surface area contributed by atoms with Crippen LogP contribution in [0.2, 0.25) is 5.15 Å². The molecule has 0 atom stereocenters. The van der Waals surface area contributed by atoms with Crippen molar-refractivity contribution in [1.82, 2.24) is 34.0 Å². The van der Waals surface area contributed by atoms with Crippen LogP contribution >= 0.6 is 11.6 Å². The SMILES string of the molecule is COc1ccc(CNc2nc(Cl)cc3nc(CCN4CCn5c(cnc5C(C)C)C4)nn23)c(OC)c1. The van der Waals surface area contributed by atoms with Crippen molar-refractivity contribution in [3.8, 4) is 11.5 Å². The Morgan fingerprint density at radius 1 is 1.11 bits per heavy atom. The van der Waals surface area contributed by atoms with Crippen molar-refractivity contribution in [2.24, 2.45) is 0 Å². The molecule has 0 saturated carbocycles. The van der Waals surface area contributed by atoms with Gasteiger partial charge in [-0.25, -0.2) is 15.0 Å². The first-order valence-corrected chi connectivity index (χ1v) is 12.5. The zero-order valence-electron chi connectivity index (χ0n) is 21.0. The fourth-order valence-electron chi connectivity index (χ4n) is 4.57. The number of hydrogen-bond acceptors (Lipinski definition) is 8. The van der Waals surface area contributed by atoms with E-state index in [-0.39, 0.29) is 0 Å². The number of anilines is 1. The van der Waals surface area contributed by atoms with Gasteiger partial charge < -0.3 is 19.4 Å². The zero-order chi connectivity index (χ0) is 25.2. The molecule has 10 nitrogen and oxygen atoms in total. The van der Waals surface area contributed by atoms with E-state index in [2.05, 4.69) is 38.6 Å². The van der Waals surface area contributed by atoms with E-state index in [4.69, 9.17) is 31.2 Å². The Bertz CT molecular complexity index is 1370. The number of imidazole rings is 1. The van der Waals surface area contributed by atoms with Gasteiger partial charge in [0.1, 0.15) is 22.5 Å². The normalized spacial score (nSPS) is 13.8. The van der Waals surface area contributed by atoms with E-state index in [0.717, 1.165) is 55.5 Å². The fraction of sp³-hybridized carbons (Fsp3) is 0.440. The molecule has 1 aromatic carbocycles. The smallest absolute Gasteiger partial charge is 0.227 e. The number of halogens is 1. The monoisotopic (exact) mass is 510 g/mol. The molecule has 36 heavy (non-hydrogen) atoms. The summed E-state index contributed by atoms with van der Waals surface area (Å²) in [6, 6.07) is 7.42. The molecule has 0 aliphatic carbocycles. The van der Waals surface area contributed by atoms with Crippen LogP contribution in [-0.4, -0.2) is 61.3 Å². The third-order valence-corrected chi connectivity index (χ3v) is 6.62. The molecule has 3 aromatic heterocycles. The number of aromatic nitrogens is 6. The number of nitrogens with zero attached hydrogens (tertiary/aromatic N) is 7. The van der Waals surface area contributed by atoms with Crippen LogP contribution < -0.4 is 14.8 Å². The van der Waals surface area contributed by atoms with Crippen molar-refractivity contribution < 1.29 is 9.47 Å². The summed E-state index contributed by atoms with van der Waals surface area (Å²) in [6.07, 6.45) is 2.74. The van der Waals surface area contributed by atoms with Crippen LogP contribution in [0.15, 0.2) is 30.5 Å². The topological polar surface area (TPSA) is 94.6 Å². The van der Waals surface area contributed by atoms with Gasteiger partial charge in [-0.05, 0) is 12.1 Å². The minimum Gasteiger partial charge on any atom is -0.497 e. The first-order valence-electron chi connectivity index (χ1n) is 12.1. The lowest BCUT2D eigenvalue weighted by molar-refractivity contribution is 0.220. The average molecular weight is 511 g/mol. The van der Waals surface area contributed by atoms with E-state index in [0.29, 0.717) is 29.2 Å². The number of benzene rings is 1. The standard InChI is InChI=1S/C25H31ClN8O2/c1-16(2)24-27-14-18-15-32(9-10-33(18)24)8-7-22-30-23-12-21(26)29-25(34(23)31-22)28-13-17-5-6-19(35-3)11-20(17)36-4/h5-6,11-12,14,16H,7-10,13,15H2,1-4H3,(H,28,29).